The molecule has 0 aliphatic carbocycles. The van der Waals surface area contributed by atoms with Gasteiger partial charge in [-0.1, -0.05) is 30.3 Å². The van der Waals surface area contributed by atoms with Gasteiger partial charge in [-0.15, -0.1) is 0 Å². The molecule has 0 unspecified atom stereocenters. The summed E-state index contributed by atoms with van der Waals surface area (Å²) in [6.45, 7) is 2.10. The predicted octanol–water partition coefficient (Wildman–Crippen LogP) is 3.37. The normalized spacial score (nSPS) is 20.8. The molecular weight excluding hydrogens is 340 g/mol. The third-order valence-corrected chi connectivity index (χ3v) is 5.84. The molecule has 1 aromatic carbocycles. The number of rotatable bonds is 4. The number of carbonyl (C=O) groups is 2. The lowest BCUT2D eigenvalue weighted by Crippen LogP contribution is -2.46. The van der Waals surface area contributed by atoms with Gasteiger partial charge >= 0.3 is 0 Å². The van der Waals surface area contributed by atoms with Crippen LogP contribution < -0.4 is 0 Å². The molecule has 2 aliphatic rings. The van der Waals surface area contributed by atoms with Crippen LogP contribution in [-0.2, 0) is 11.2 Å². The average molecular weight is 366 g/mol. The number of likely N-dealkylation sites (tertiary alicyclic amines) is 2. The Morgan fingerprint density at radius 3 is 2.44 bits per heavy atom. The zero-order valence-electron chi connectivity index (χ0n) is 15.5. The molecule has 2 saturated heterocycles. The minimum atomic E-state index is -0.0750. The van der Waals surface area contributed by atoms with Gasteiger partial charge in [0.2, 0.25) is 5.91 Å². The molecule has 2 amide bonds. The monoisotopic (exact) mass is 366 g/mol. The molecule has 2 fully saturated rings. The van der Waals surface area contributed by atoms with Crippen molar-refractivity contribution in [1.82, 2.24) is 9.80 Å². The van der Waals surface area contributed by atoms with Crippen LogP contribution in [0.4, 0.5) is 0 Å². The second-order valence-electron chi connectivity index (χ2n) is 7.56. The standard InChI is InChI=1S/C22H26N2O3/c25-21(24-12-4-8-19(24)16-17-6-2-1-3-7-17)18-10-13-23(14-11-18)22(26)20-9-5-15-27-20/h1-3,5-7,9,15,18-19H,4,8,10-14,16H2/t19-/m1/s1. The Bertz CT molecular complexity index is 764. The first-order chi connectivity index (χ1) is 13.2. The van der Waals surface area contributed by atoms with E-state index in [1.165, 1.54) is 11.8 Å². The first-order valence-electron chi connectivity index (χ1n) is 9.89. The SMILES string of the molecule is O=C(c1ccco1)N1CCC(C(=O)N2CCC[C@@H]2Cc2ccccc2)CC1. The zero-order valence-corrected chi connectivity index (χ0v) is 15.5. The third-order valence-electron chi connectivity index (χ3n) is 5.84. The lowest BCUT2D eigenvalue weighted by atomic mass is 9.94. The molecule has 3 heterocycles. The van der Waals surface area contributed by atoms with Crippen LogP contribution in [0.2, 0.25) is 0 Å². The number of hydrogen-bond donors (Lipinski definition) is 0. The second kappa shape index (κ2) is 7.99. The van der Waals surface area contributed by atoms with Crippen LogP contribution in [0.15, 0.2) is 53.1 Å². The van der Waals surface area contributed by atoms with Crippen LogP contribution >= 0.6 is 0 Å². The van der Waals surface area contributed by atoms with Crippen molar-refractivity contribution in [2.45, 2.75) is 38.1 Å². The molecule has 2 aliphatic heterocycles. The van der Waals surface area contributed by atoms with Gasteiger partial charge in [0.25, 0.3) is 5.91 Å². The number of hydrogen-bond acceptors (Lipinski definition) is 3. The van der Waals surface area contributed by atoms with Crippen molar-refractivity contribution >= 4 is 11.8 Å². The van der Waals surface area contributed by atoms with E-state index in [4.69, 9.17) is 4.42 Å². The topological polar surface area (TPSA) is 53.8 Å². The molecule has 1 aromatic heterocycles. The van der Waals surface area contributed by atoms with E-state index in [-0.39, 0.29) is 17.7 Å². The van der Waals surface area contributed by atoms with E-state index in [2.05, 4.69) is 29.2 Å². The van der Waals surface area contributed by atoms with Crippen molar-refractivity contribution in [3.05, 3.63) is 60.1 Å². The summed E-state index contributed by atoms with van der Waals surface area (Å²) in [4.78, 5) is 29.4. The summed E-state index contributed by atoms with van der Waals surface area (Å²) in [5.74, 6) is 0.608. The number of benzene rings is 1. The Morgan fingerprint density at radius 1 is 0.963 bits per heavy atom. The van der Waals surface area contributed by atoms with Crippen LogP contribution in [0.25, 0.3) is 0 Å². The molecule has 1 atom stereocenters. The van der Waals surface area contributed by atoms with E-state index in [0.717, 1.165) is 38.6 Å². The molecule has 0 radical (unpaired) electrons. The van der Waals surface area contributed by atoms with E-state index in [9.17, 15) is 9.59 Å². The largest absolute Gasteiger partial charge is 0.459 e. The first kappa shape index (κ1) is 17.8. The fourth-order valence-electron chi connectivity index (χ4n) is 4.34. The van der Waals surface area contributed by atoms with Crippen molar-refractivity contribution in [3.63, 3.8) is 0 Å². The Hall–Kier alpha value is -2.56. The molecule has 5 nitrogen and oxygen atoms in total. The maximum Gasteiger partial charge on any atom is 0.289 e. The molecule has 5 heteroatoms. The highest BCUT2D eigenvalue weighted by molar-refractivity contribution is 5.91. The third kappa shape index (κ3) is 3.92. The summed E-state index contributed by atoms with van der Waals surface area (Å²) in [6.07, 6.45) is 6.08. The molecule has 4 rings (SSSR count). The number of nitrogens with zero attached hydrogens (tertiary/aromatic N) is 2. The smallest absolute Gasteiger partial charge is 0.289 e. The Kier molecular flexibility index (Phi) is 5.28. The molecular formula is C22H26N2O3. The van der Waals surface area contributed by atoms with Crippen molar-refractivity contribution in [2.75, 3.05) is 19.6 Å². The van der Waals surface area contributed by atoms with Crippen molar-refractivity contribution in [3.8, 4) is 0 Å². The van der Waals surface area contributed by atoms with E-state index < -0.39 is 0 Å². The van der Waals surface area contributed by atoms with Gasteiger partial charge in [-0.3, -0.25) is 9.59 Å². The number of piperidine rings is 1. The lowest BCUT2D eigenvalue weighted by molar-refractivity contribution is -0.137. The van der Waals surface area contributed by atoms with Crippen LogP contribution in [0.1, 0.15) is 41.8 Å². The van der Waals surface area contributed by atoms with Gasteiger partial charge in [0.15, 0.2) is 5.76 Å². The summed E-state index contributed by atoms with van der Waals surface area (Å²) >= 11 is 0. The number of furan rings is 1. The maximum absolute atomic E-state index is 13.1. The lowest BCUT2D eigenvalue weighted by Gasteiger charge is -2.34. The highest BCUT2D eigenvalue weighted by Crippen LogP contribution is 2.27. The molecule has 0 saturated carbocycles. The van der Waals surface area contributed by atoms with Gasteiger partial charge in [0, 0.05) is 31.6 Å². The minimum absolute atomic E-state index is 0.0297. The minimum Gasteiger partial charge on any atom is -0.459 e. The number of carbonyl (C=O) groups excluding carboxylic acids is 2. The second-order valence-corrected chi connectivity index (χ2v) is 7.56. The van der Waals surface area contributed by atoms with E-state index in [0.29, 0.717) is 24.9 Å². The van der Waals surface area contributed by atoms with Gasteiger partial charge in [-0.2, -0.15) is 0 Å². The predicted molar refractivity (Wildman–Crippen MR) is 102 cm³/mol. The van der Waals surface area contributed by atoms with Gasteiger partial charge in [0.1, 0.15) is 0 Å². The average Bonchev–Trinajstić information content (AvgIpc) is 3.40. The summed E-state index contributed by atoms with van der Waals surface area (Å²) in [5, 5.41) is 0. The van der Waals surface area contributed by atoms with Gasteiger partial charge in [0.05, 0.1) is 6.26 Å². The highest BCUT2D eigenvalue weighted by Gasteiger charge is 2.35. The van der Waals surface area contributed by atoms with E-state index in [1.54, 1.807) is 17.0 Å². The molecule has 0 N–H and O–H groups in total. The summed E-state index contributed by atoms with van der Waals surface area (Å²) in [5.41, 5.74) is 1.29. The molecule has 27 heavy (non-hydrogen) atoms. The number of amides is 2. The zero-order chi connectivity index (χ0) is 18.6. The Balaban J connectivity index is 1.34. The van der Waals surface area contributed by atoms with Crippen molar-refractivity contribution in [2.24, 2.45) is 5.92 Å². The van der Waals surface area contributed by atoms with Crippen LogP contribution in [0.3, 0.4) is 0 Å². The summed E-state index contributed by atoms with van der Waals surface area (Å²) in [6, 6.07) is 14.1. The van der Waals surface area contributed by atoms with E-state index >= 15 is 0 Å². The van der Waals surface area contributed by atoms with E-state index in [1.807, 2.05) is 6.07 Å². The van der Waals surface area contributed by atoms with Gasteiger partial charge < -0.3 is 14.2 Å². The Labute approximate surface area is 159 Å². The van der Waals surface area contributed by atoms with Crippen LogP contribution in [0.5, 0.6) is 0 Å². The van der Waals surface area contributed by atoms with Crippen LogP contribution in [-0.4, -0.2) is 47.3 Å². The van der Waals surface area contributed by atoms with Crippen molar-refractivity contribution < 1.29 is 14.0 Å². The first-order valence-corrected chi connectivity index (χ1v) is 9.89. The summed E-state index contributed by atoms with van der Waals surface area (Å²) in [7, 11) is 0. The van der Waals surface area contributed by atoms with Gasteiger partial charge in [-0.05, 0) is 49.8 Å². The van der Waals surface area contributed by atoms with Crippen molar-refractivity contribution in [1.29, 1.82) is 0 Å². The quantitative estimate of drug-likeness (QED) is 0.834. The highest BCUT2D eigenvalue weighted by atomic mass is 16.3. The fourth-order valence-corrected chi connectivity index (χ4v) is 4.34. The molecule has 2 aromatic rings. The maximum atomic E-state index is 13.1. The fraction of sp³-hybridized carbons (Fsp3) is 0.455. The Morgan fingerprint density at radius 2 is 1.74 bits per heavy atom. The summed E-state index contributed by atoms with van der Waals surface area (Å²) < 4.78 is 5.21. The molecule has 0 bridgehead atoms. The molecule has 0 spiro atoms. The van der Waals surface area contributed by atoms with Crippen LogP contribution in [0, 0.1) is 5.92 Å². The molecule has 142 valence electrons. The van der Waals surface area contributed by atoms with Gasteiger partial charge in [-0.25, -0.2) is 0 Å².